The van der Waals surface area contributed by atoms with Crippen LogP contribution < -0.4 is 5.32 Å². The maximum atomic E-state index is 10.7. The highest BCUT2D eigenvalue weighted by atomic mass is 16.7. The minimum atomic E-state index is -0.390. The smallest absolute Gasteiger partial charge is 0.407 e. The molecule has 0 bridgehead atoms. The van der Waals surface area contributed by atoms with E-state index in [0.29, 0.717) is 13.0 Å². The highest BCUT2D eigenvalue weighted by molar-refractivity contribution is 5.67. The van der Waals surface area contributed by atoms with Crippen molar-refractivity contribution in [3.05, 3.63) is 0 Å². The van der Waals surface area contributed by atoms with Crippen LogP contribution in [0.2, 0.25) is 0 Å². The Morgan fingerprint density at radius 1 is 1.19 bits per heavy atom. The minimum absolute atomic E-state index is 0.352. The molecule has 0 radical (unpaired) electrons. The normalized spacial score (nSPS) is 8.48. The highest BCUT2D eigenvalue weighted by Crippen LogP contribution is 2.05. The van der Waals surface area contributed by atoms with E-state index in [-0.39, 0.29) is 11.7 Å². The van der Waals surface area contributed by atoms with Crippen molar-refractivity contribution in [1.82, 2.24) is 10.4 Å². The van der Waals surface area contributed by atoms with Crippen LogP contribution in [-0.2, 0) is 14.4 Å². The lowest BCUT2D eigenvalue weighted by atomic mass is 10.2. The van der Waals surface area contributed by atoms with Crippen LogP contribution in [0.25, 0.3) is 0 Å². The summed E-state index contributed by atoms with van der Waals surface area (Å²) in [5.74, 6) is 0. The van der Waals surface area contributed by atoms with E-state index >= 15 is 0 Å². The zero-order valence-corrected chi connectivity index (χ0v) is 15.6. The van der Waals surface area contributed by atoms with Gasteiger partial charge >= 0.3 is 6.09 Å². The summed E-state index contributed by atoms with van der Waals surface area (Å²) in [6.45, 7) is 16.2. The van der Waals surface area contributed by atoms with Crippen molar-refractivity contribution in [3.63, 3.8) is 0 Å². The van der Waals surface area contributed by atoms with Gasteiger partial charge in [-0.25, -0.2) is 9.86 Å². The van der Waals surface area contributed by atoms with Crippen LogP contribution in [0.3, 0.4) is 0 Å². The Morgan fingerprint density at radius 2 is 1.57 bits per heavy atom. The Balaban J connectivity index is -0.000000112. The molecule has 0 aromatic carbocycles. The number of hydrogen-bond acceptors (Lipinski definition) is 4. The molecule has 0 aromatic rings. The van der Waals surface area contributed by atoms with Gasteiger partial charge in [0.1, 0.15) is 5.60 Å². The molecule has 1 N–H and O–H groups in total. The predicted molar refractivity (Wildman–Crippen MR) is 88.1 cm³/mol. The molecule has 0 rings (SSSR count). The van der Waals surface area contributed by atoms with Gasteiger partial charge in [0.05, 0.1) is 7.11 Å². The maximum Gasteiger partial charge on any atom is 0.407 e. The first kappa shape index (κ1) is 27.9. The number of ether oxygens (including phenoxy) is 1. The number of hydrogen-bond donors (Lipinski definition) is 1. The summed E-state index contributed by atoms with van der Waals surface area (Å²) in [6.07, 6.45) is 1.48. The lowest BCUT2D eigenvalue weighted by Gasteiger charge is -2.19. The number of rotatable bonds is 3. The highest BCUT2D eigenvalue weighted by Gasteiger charge is 2.14. The number of carbonyl (C=O) groups excluding carboxylic acids is 2. The molecule has 0 saturated heterocycles. The number of nitrogens with one attached hydrogen (secondary N) is 1. The number of carbonyl (C=O) groups is 2. The Kier molecular flexibility index (Phi) is 28.0. The van der Waals surface area contributed by atoms with E-state index in [1.807, 2.05) is 41.5 Å². The second kappa shape index (κ2) is 21.0. The lowest BCUT2D eigenvalue weighted by Crippen LogP contribution is -2.32. The van der Waals surface area contributed by atoms with Crippen molar-refractivity contribution in [2.75, 3.05) is 20.7 Å². The lowest BCUT2D eigenvalue weighted by molar-refractivity contribution is -0.153. The summed E-state index contributed by atoms with van der Waals surface area (Å²) in [6, 6.07) is 0. The average Bonchev–Trinajstić information content (AvgIpc) is 2.40. The van der Waals surface area contributed by atoms with Crippen molar-refractivity contribution >= 4 is 12.5 Å². The molecular formula is C15H36N2O4. The van der Waals surface area contributed by atoms with Crippen molar-refractivity contribution in [3.8, 4) is 0 Å². The van der Waals surface area contributed by atoms with Crippen LogP contribution in [0.5, 0.6) is 0 Å². The van der Waals surface area contributed by atoms with Crippen molar-refractivity contribution in [1.29, 1.82) is 0 Å². The van der Waals surface area contributed by atoms with Gasteiger partial charge < -0.3 is 10.1 Å². The first-order chi connectivity index (χ1) is 9.68. The van der Waals surface area contributed by atoms with E-state index in [4.69, 9.17) is 4.74 Å². The number of hydroxylamine groups is 2. The Morgan fingerprint density at radius 3 is 1.71 bits per heavy atom. The van der Waals surface area contributed by atoms with Gasteiger partial charge in [-0.3, -0.25) is 9.63 Å². The molecule has 0 aliphatic rings. The van der Waals surface area contributed by atoms with E-state index in [1.165, 1.54) is 20.6 Å². The van der Waals surface area contributed by atoms with Crippen molar-refractivity contribution < 1.29 is 19.2 Å². The van der Waals surface area contributed by atoms with Gasteiger partial charge in [0.15, 0.2) is 0 Å². The average molecular weight is 308 g/mol. The Labute approximate surface area is 131 Å². The third kappa shape index (κ3) is 45.6. The molecule has 0 aliphatic carbocycles. The quantitative estimate of drug-likeness (QED) is 0.639. The van der Waals surface area contributed by atoms with Crippen molar-refractivity contribution in [2.24, 2.45) is 0 Å². The van der Waals surface area contributed by atoms with Gasteiger partial charge in [-0.05, 0) is 27.7 Å². The summed E-state index contributed by atoms with van der Waals surface area (Å²) in [7, 11) is 2.95. The van der Waals surface area contributed by atoms with Gasteiger partial charge in [-0.2, -0.15) is 0 Å². The van der Waals surface area contributed by atoms with E-state index in [9.17, 15) is 9.59 Å². The second-order valence-electron chi connectivity index (χ2n) is 4.57. The number of nitrogens with zero attached hydrogens (tertiary/aromatic N) is 1. The fourth-order valence-corrected chi connectivity index (χ4v) is 0.502. The summed E-state index contributed by atoms with van der Waals surface area (Å²) < 4.78 is 4.93. The molecule has 0 aromatic heterocycles. The monoisotopic (exact) mass is 308 g/mol. The molecule has 2 amide bonds. The molecule has 0 aliphatic heterocycles. The Bertz CT molecular complexity index is 216. The Hall–Kier alpha value is -1.30. The van der Waals surface area contributed by atoms with Crippen LogP contribution in [0, 0.1) is 0 Å². The summed E-state index contributed by atoms with van der Waals surface area (Å²) in [4.78, 5) is 24.6. The number of amides is 2. The predicted octanol–water partition coefficient (Wildman–Crippen LogP) is 3.61. The molecule has 130 valence electrons. The minimum Gasteiger partial charge on any atom is -0.444 e. The van der Waals surface area contributed by atoms with Gasteiger partial charge in [0, 0.05) is 13.6 Å². The first-order valence-corrected chi connectivity index (χ1v) is 7.37. The topological polar surface area (TPSA) is 67.9 Å². The zero-order chi connectivity index (χ0) is 17.9. The molecule has 21 heavy (non-hydrogen) atoms. The van der Waals surface area contributed by atoms with Crippen LogP contribution in [0.15, 0.2) is 0 Å². The summed E-state index contributed by atoms with van der Waals surface area (Å²) in [5.41, 5.74) is -0.390. The molecule has 0 atom stereocenters. The second-order valence-corrected chi connectivity index (χ2v) is 4.57. The van der Waals surface area contributed by atoms with Crippen LogP contribution in [0.4, 0.5) is 4.79 Å². The molecule has 0 unspecified atom stereocenters. The fourth-order valence-electron chi connectivity index (χ4n) is 0.502. The van der Waals surface area contributed by atoms with Crippen LogP contribution in [0.1, 0.15) is 61.8 Å². The van der Waals surface area contributed by atoms with E-state index in [1.54, 1.807) is 0 Å². The van der Waals surface area contributed by atoms with E-state index < -0.39 is 0 Å². The fraction of sp³-hybridized carbons (Fsp3) is 0.867. The third-order valence-corrected chi connectivity index (χ3v) is 1.16. The molecule has 0 saturated carbocycles. The molecule has 0 heterocycles. The van der Waals surface area contributed by atoms with Gasteiger partial charge in [0.25, 0.3) is 0 Å². The molecule has 0 spiro atoms. The van der Waals surface area contributed by atoms with Crippen LogP contribution in [-0.4, -0.2) is 43.9 Å². The largest absolute Gasteiger partial charge is 0.444 e. The first-order valence-electron chi connectivity index (χ1n) is 7.37. The molecule has 0 fully saturated rings. The molecule has 6 heteroatoms. The summed E-state index contributed by atoms with van der Waals surface area (Å²) >= 11 is 0. The SMILES string of the molecule is CC.CCC.CCNC(=O)OC(C)(C)C.CON(C)C=O. The summed E-state index contributed by atoms with van der Waals surface area (Å²) in [5, 5.41) is 3.61. The number of alkyl carbamates (subject to hydrolysis) is 1. The van der Waals surface area contributed by atoms with Gasteiger partial charge in [-0.15, -0.1) is 0 Å². The van der Waals surface area contributed by atoms with Crippen LogP contribution >= 0.6 is 0 Å². The van der Waals surface area contributed by atoms with Gasteiger partial charge in [-0.1, -0.05) is 34.1 Å². The third-order valence-electron chi connectivity index (χ3n) is 1.16. The van der Waals surface area contributed by atoms with Crippen molar-refractivity contribution in [2.45, 2.75) is 67.4 Å². The molecule has 6 nitrogen and oxygen atoms in total. The standard InChI is InChI=1S/C7H15NO2.C3H7NO2.C3H8.C2H6/c1-5-8-6(9)10-7(2,3)4;1-4(3-5)6-2;1-3-2;1-2/h5H2,1-4H3,(H,8,9);3H,1-2H3;3H2,1-2H3;1-2H3. The molecular weight excluding hydrogens is 272 g/mol. The maximum absolute atomic E-state index is 10.7. The van der Waals surface area contributed by atoms with E-state index in [0.717, 1.165) is 5.06 Å². The van der Waals surface area contributed by atoms with Gasteiger partial charge in [0.2, 0.25) is 6.41 Å². The zero-order valence-electron chi connectivity index (χ0n) is 15.6. The van der Waals surface area contributed by atoms with E-state index in [2.05, 4.69) is 24.0 Å².